The number of hydrogen-bond acceptors (Lipinski definition) is 3. The Morgan fingerprint density at radius 3 is 2.83 bits per heavy atom. The number of carbonyl (C=O) groups excluding carboxylic acids is 1. The maximum absolute atomic E-state index is 11.7. The zero-order chi connectivity index (χ0) is 12.8. The SMILES string of the molecule is O=C(COc1ccccc1Br)NC1CCOCC1. The molecule has 0 atom stereocenters. The van der Waals surface area contributed by atoms with E-state index < -0.39 is 0 Å². The molecule has 1 aliphatic rings. The van der Waals surface area contributed by atoms with Crippen LogP contribution in [-0.4, -0.2) is 31.8 Å². The molecule has 0 bridgehead atoms. The molecule has 1 heterocycles. The van der Waals surface area contributed by atoms with Crippen molar-refractivity contribution in [2.45, 2.75) is 18.9 Å². The molecule has 1 N–H and O–H groups in total. The van der Waals surface area contributed by atoms with Crippen LogP contribution in [0, 0.1) is 0 Å². The molecule has 1 saturated heterocycles. The Kier molecular flexibility index (Phi) is 5.01. The predicted octanol–water partition coefficient (Wildman–Crippen LogP) is 2.12. The molecule has 1 aromatic carbocycles. The van der Waals surface area contributed by atoms with Crippen LogP contribution in [0.2, 0.25) is 0 Å². The summed E-state index contributed by atoms with van der Waals surface area (Å²) in [6, 6.07) is 7.70. The second-order valence-electron chi connectivity index (χ2n) is 4.17. The smallest absolute Gasteiger partial charge is 0.258 e. The number of carbonyl (C=O) groups is 1. The molecular formula is C13H16BrNO3. The van der Waals surface area contributed by atoms with Gasteiger partial charge >= 0.3 is 0 Å². The van der Waals surface area contributed by atoms with Gasteiger partial charge in [0, 0.05) is 19.3 Å². The summed E-state index contributed by atoms with van der Waals surface area (Å²) in [6.45, 7) is 1.48. The third-order valence-electron chi connectivity index (χ3n) is 2.78. The summed E-state index contributed by atoms with van der Waals surface area (Å²) in [5, 5.41) is 2.95. The number of rotatable bonds is 4. The highest BCUT2D eigenvalue weighted by molar-refractivity contribution is 9.10. The molecular weight excluding hydrogens is 298 g/mol. The molecule has 1 fully saturated rings. The largest absolute Gasteiger partial charge is 0.483 e. The zero-order valence-corrected chi connectivity index (χ0v) is 11.6. The van der Waals surface area contributed by atoms with Crippen LogP contribution < -0.4 is 10.1 Å². The highest BCUT2D eigenvalue weighted by Gasteiger charge is 2.16. The molecule has 0 saturated carbocycles. The topological polar surface area (TPSA) is 47.6 Å². The summed E-state index contributed by atoms with van der Waals surface area (Å²) >= 11 is 3.37. The van der Waals surface area contributed by atoms with E-state index in [1.54, 1.807) is 0 Å². The Labute approximate surface area is 115 Å². The van der Waals surface area contributed by atoms with Gasteiger partial charge < -0.3 is 14.8 Å². The lowest BCUT2D eigenvalue weighted by Gasteiger charge is -2.23. The first-order valence-corrected chi connectivity index (χ1v) is 6.79. The minimum atomic E-state index is -0.0855. The standard InChI is InChI=1S/C13H16BrNO3/c14-11-3-1-2-4-12(11)18-9-13(16)15-10-5-7-17-8-6-10/h1-4,10H,5-9H2,(H,15,16). The number of amides is 1. The van der Waals surface area contributed by atoms with E-state index in [4.69, 9.17) is 9.47 Å². The van der Waals surface area contributed by atoms with Crippen LogP contribution in [0.4, 0.5) is 0 Å². The van der Waals surface area contributed by atoms with Crippen LogP contribution >= 0.6 is 15.9 Å². The summed E-state index contributed by atoms with van der Waals surface area (Å²) in [5.74, 6) is 0.595. The van der Waals surface area contributed by atoms with E-state index in [0.29, 0.717) is 5.75 Å². The van der Waals surface area contributed by atoms with Crippen LogP contribution in [-0.2, 0) is 9.53 Å². The lowest BCUT2D eigenvalue weighted by Crippen LogP contribution is -2.41. The molecule has 0 spiro atoms. The Morgan fingerprint density at radius 2 is 2.11 bits per heavy atom. The fourth-order valence-corrected chi connectivity index (χ4v) is 2.22. The molecule has 5 heteroatoms. The summed E-state index contributed by atoms with van der Waals surface area (Å²) in [6.07, 6.45) is 1.75. The third kappa shape index (κ3) is 3.99. The van der Waals surface area contributed by atoms with Crippen LogP contribution in [0.5, 0.6) is 5.75 Å². The number of halogens is 1. The second kappa shape index (κ2) is 6.75. The highest BCUT2D eigenvalue weighted by atomic mass is 79.9. The van der Waals surface area contributed by atoms with Gasteiger partial charge in [0.2, 0.25) is 0 Å². The fraction of sp³-hybridized carbons (Fsp3) is 0.462. The second-order valence-corrected chi connectivity index (χ2v) is 5.03. The molecule has 0 aromatic heterocycles. The van der Waals surface area contributed by atoms with Gasteiger partial charge in [0.1, 0.15) is 5.75 Å². The molecule has 1 aromatic rings. The van der Waals surface area contributed by atoms with Crippen LogP contribution in [0.15, 0.2) is 28.7 Å². The van der Waals surface area contributed by atoms with Crippen LogP contribution in [0.25, 0.3) is 0 Å². The van der Waals surface area contributed by atoms with Crippen molar-refractivity contribution in [2.24, 2.45) is 0 Å². The van der Waals surface area contributed by atoms with Gasteiger partial charge in [-0.15, -0.1) is 0 Å². The maximum Gasteiger partial charge on any atom is 0.258 e. The highest BCUT2D eigenvalue weighted by Crippen LogP contribution is 2.23. The van der Waals surface area contributed by atoms with Gasteiger partial charge in [0.15, 0.2) is 6.61 Å². The summed E-state index contributed by atoms with van der Waals surface area (Å²) in [7, 11) is 0. The number of nitrogens with one attached hydrogen (secondary N) is 1. The lowest BCUT2D eigenvalue weighted by atomic mass is 10.1. The van der Waals surface area contributed by atoms with Gasteiger partial charge in [-0.3, -0.25) is 4.79 Å². The molecule has 4 nitrogen and oxygen atoms in total. The minimum Gasteiger partial charge on any atom is -0.483 e. The zero-order valence-electron chi connectivity index (χ0n) is 10.0. The van der Waals surface area contributed by atoms with Crippen LogP contribution in [0.1, 0.15) is 12.8 Å². The quantitative estimate of drug-likeness (QED) is 0.926. The van der Waals surface area contributed by atoms with Crippen molar-refractivity contribution in [1.29, 1.82) is 0 Å². The van der Waals surface area contributed by atoms with E-state index in [9.17, 15) is 4.79 Å². The molecule has 18 heavy (non-hydrogen) atoms. The molecule has 0 unspecified atom stereocenters. The normalized spacial score (nSPS) is 16.3. The molecule has 0 aliphatic carbocycles. The van der Waals surface area contributed by atoms with E-state index in [1.807, 2.05) is 24.3 Å². The minimum absolute atomic E-state index is 0.0416. The first kappa shape index (κ1) is 13.4. The number of hydrogen-bond donors (Lipinski definition) is 1. The van der Waals surface area contributed by atoms with Gasteiger partial charge in [0.25, 0.3) is 5.91 Å². The van der Waals surface area contributed by atoms with Gasteiger partial charge in [-0.25, -0.2) is 0 Å². The van der Waals surface area contributed by atoms with E-state index in [1.165, 1.54) is 0 Å². The average Bonchev–Trinajstić information content (AvgIpc) is 2.39. The van der Waals surface area contributed by atoms with Gasteiger partial charge in [0.05, 0.1) is 4.47 Å². The Bertz CT molecular complexity index is 405. The van der Waals surface area contributed by atoms with Crippen molar-refractivity contribution in [3.05, 3.63) is 28.7 Å². The van der Waals surface area contributed by atoms with E-state index >= 15 is 0 Å². The number of ether oxygens (including phenoxy) is 2. The number of para-hydroxylation sites is 1. The van der Waals surface area contributed by atoms with Crippen molar-refractivity contribution < 1.29 is 14.3 Å². The molecule has 98 valence electrons. The van der Waals surface area contributed by atoms with Gasteiger partial charge in [-0.2, -0.15) is 0 Å². The lowest BCUT2D eigenvalue weighted by molar-refractivity contribution is -0.124. The van der Waals surface area contributed by atoms with E-state index in [-0.39, 0.29) is 18.6 Å². The van der Waals surface area contributed by atoms with Crippen molar-refractivity contribution in [3.63, 3.8) is 0 Å². The predicted molar refractivity (Wildman–Crippen MR) is 71.6 cm³/mol. The molecule has 0 radical (unpaired) electrons. The van der Waals surface area contributed by atoms with Crippen molar-refractivity contribution in [1.82, 2.24) is 5.32 Å². The first-order valence-electron chi connectivity index (χ1n) is 6.00. The Morgan fingerprint density at radius 1 is 1.39 bits per heavy atom. The summed E-state index contributed by atoms with van der Waals surface area (Å²) in [4.78, 5) is 11.7. The average molecular weight is 314 g/mol. The monoisotopic (exact) mass is 313 g/mol. The van der Waals surface area contributed by atoms with Crippen LogP contribution in [0.3, 0.4) is 0 Å². The third-order valence-corrected chi connectivity index (χ3v) is 3.44. The fourth-order valence-electron chi connectivity index (χ4n) is 1.82. The van der Waals surface area contributed by atoms with Crippen molar-refractivity contribution in [2.75, 3.05) is 19.8 Å². The Balaban J connectivity index is 1.76. The summed E-state index contributed by atoms with van der Waals surface area (Å²) in [5.41, 5.74) is 0. The van der Waals surface area contributed by atoms with Crippen molar-refractivity contribution >= 4 is 21.8 Å². The van der Waals surface area contributed by atoms with Gasteiger partial charge in [-0.1, -0.05) is 12.1 Å². The van der Waals surface area contributed by atoms with Gasteiger partial charge in [-0.05, 0) is 40.9 Å². The number of benzene rings is 1. The molecule has 2 rings (SSSR count). The summed E-state index contributed by atoms with van der Waals surface area (Å²) < 4.78 is 11.5. The van der Waals surface area contributed by atoms with Crippen molar-refractivity contribution in [3.8, 4) is 5.75 Å². The molecule has 1 amide bonds. The van der Waals surface area contributed by atoms with E-state index in [2.05, 4.69) is 21.2 Å². The maximum atomic E-state index is 11.7. The first-order chi connectivity index (χ1) is 8.75. The molecule has 1 aliphatic heterocycles. The van der Waals surface area contributed by atoms with E-state index in [0.717, 1.165) is 30.5 Å². The Hall–Kier alpha value is -1.07.